The Balaban J connectivity index is 2.14. The lowest BCUT2D eigenvalue weighted by molar-refractivity contribution is 0.0911. The Morgan fingerprint density at radius 3 is 2.59 bits per heavy atom. The van der Waals surface area contributed by atoms with Gasteiger partial charge in [0.05, 0.1) is 19.3 Å². The number of ketones is 1. The van der Waals surface area contributed by atoms with Crippen molar-refractivity contribution in [2.75, 3.05) is 34.4 Å². The van der Waals surface area contributed by atoms with Gasteiger partial charge in [-0.1, -0.05) is 30.3 Å². The van der Waals surface area contributed by atoms with E-state index in [0.29, 0.717) is 11.1 Å². The lowest BCUT2D eigenvalue weighted by atomic mass is 10.1. The number of H-pyrrole nitrogens is 1. The van der Waals surface area contributed by atoms with E-state index in [9.17, 15) is 14.7 Å². The first-order valence-corrected chi connectivity index (χ1v) is 8.52. The van der Waals surface area contributed by atoms with Crippen LogP contribution in [0.1, 0.15) is 32.5 Å². The van der Waals surface area contributed by atoms with Crippen LogP contribution in [0, 0.1) is 0 Å². The minimum atomic E-state index is -0.529. The molecule has 3 N–H and O–H groups in total. The van der Waals surface area contributed by atoms with Crippen LogP contribution in [0.2, 0.25) is 0 Å². The number of hydrogen-bond donors (Lipinski definition) is 3. The molecule has 1 atom stereocenters. The zero-order valence-corrected chi connectivity index (χ0v) is 15.7. The van der Waals surface area contributed by atoms with Gasteiger partial charge in [0.1, 0.15) is 5.69 Å². The predicted molar refractivity (Wildman–Crippen MR) is 103 cm³/mol. The van der Waals surface area contributed by atoms with E-state index < -0.39 is 11.9 Å². The van der Waals surface area contributed by atoms with Crippen LogP contribution in [0.5, 0.6) is 0 Å². The molecule has 2 aromatic rings. The molecular formula is C20H25N3O4. The third-order valence-corrected chi connectivity index (χ3v) is 3.89. The van der Waals surface area contributed by atoms with Gasteiger partial charge in [-0.05, 0) is 11.6 Å². The summed E-state index contributed by atoms with van der Waals surface area (Å²) in [7, 11) is 5.15. The molecule has 0 aliphatic rings. The standard InChI is InChI=1S/C20H25N3O4/c1-23(2)11-16(13-27-3)19(25)15-9-17(21-10-15)20(26)22-18(12-24)14-7-5-4-6-8-14/h4-11,18,21,24H,12-13H2,1-3H3,(H,22,26)/b16-11+. The van der Waals surface area contributed by atoms with Gasteiger partial charge in [-0.2, -0.15) is 0 Å². The van der Waals surface area contributed by atoms with Gasteiger partial charge >= 0.3 is 0 Å². The van der Waals surface area contributed by atoms with E-state index in [0.717, 1.165) is 5.56 Å². The number of methoxy groups -OCH3 is 1. The Labute approximate surface area is 158 Å². The summed E-state index contributed by atoms with van der Waals surface area (Å²) in [5, 5.41) is 12.3. The number of aliphatic hydroxyl groups excluding tert-OH is 1. The highest BCUT2D eigenvalue weighted by atomic mass is 16.5. The molecule has 0 spiro atoms. The summed E-state index contributed by atoms with van der Waals surface area (Å²) in [5.74, 6) is -0.621. The van der Waals surface area contributed by atoms with Crippen molar-refractivity contribution in [2.45, 2.75) is 6.04 Å². The quantitative estimate of drug-likeness (QED) is 0.461. The number of amides is 1. The molecule has 0 aliphatic heterocycles. The Bertz CT molecular complexity index is 797. The summed E-state index contributed by atoms with van der Waals surface area (Å²) in [6.07, 6.45) is 3.18. The molecule has 144 valence electrons. The fourth-order valence-corrected chi connectivity index (χ4v) is 2.63. The maximum Gasteiger partial charge on any atom is 0.268 e. The van der Waals surface area contributed by atoms with Crippen LogP contribution in [0.4, 0.5) is 0 Å². The van der Waals surface area contributed by atoms with Crippen molar-refractivity contribution in [2.24, 2.45) is 0 Å². The van der Waals surface area contributed by atoms with E-state index in [1.807, 2.05) is 44.4 Å². The normalized spacial score (nSPS) is 12.5. The second kappa shape index (κ2) is 9.70. The van der Waals surface area contributed by atoms with E-state index in [-0.39, 0.29) is 24.7 Å². The number of carbonyl (C=O) groups excluding carboxylic acids is 2. The molecule has 27 heavy (non-hydrogen) atoms. The number of aromatic nitrogens is 1. The van der Waals surface area contributed by atoms with E-state index in [1.54, 1.807) is 11.1 Å². The van der Waals surface area contributed by atoms with Crippen molar-refractivity contribution in [3.8, 4) is 0 Å². The maximum atomic E-state index is 12.6. The first-order valence-electron chi connectivity index (χ1n) is 8.52. The first kappa shape index (κ1) is 20.4. The van der Waals surface area contributed by atoms with Crippen LogP contribution in [0.15, 0.2) is 54.4 Å². The highest BCUT2D eigenvalue weighted by Gasteiger charge is 2.19. The molecule has 1 aromatic carbocycles. The maximum absolute atomic E-state index is 12.6. The third-order valence-electron chi connectivity index (χ3n) is 3.89. The number of aromatic amines is 1. The van der Waals surface area contributed by atoms with Gasteiger partial charge in [0.25, 0.3) is 5.91 Å². The summed E-state index contributed by atoms with van der Waals surface area (Å²) in [4.78, 5) is 29.7. The molecule has 1 unspecified atom stereocenters. The Morgan fingerprint density at radius 1 is 1.30 bits per heavy atom. The molecule has 0 saturated heterocycles. The molecule has 7 nitrogen and oxygen atoms in total. The lowest BCUT2D eigenvalue weighted by Gasteiger charge is -2.16. The van der Waals surface area contributed by atoms with E-state index in [2.05, 4.69) is 10.3 Å². The fraction of sp³-hybridized carbons (Fsp3) is 0.300. The van der Waals surface area contributed by atoms with E-state index in [4.69, 9.17) is 4.74 Å². The second-order valence-corrected chi connectivity index (χ2v) is 6.30. The van der Waals surface area contributed by atoms with Gasteiger partial charge in [0.15, 0.2) is 5.78 Å². The summed E-state index contributed by atoms with van der Waals surface area (Å²) in [6.45, 7) is -0.0594. The molecule has 0 aliphatic carbocycles. The lowest BCUT2D eigenvalue weighted by Crippen LogP contribution is -2.31. The molecule has 0 radical (unpaired) electrons. The van der Waals surface area contributed by atoms with Gasteiger partial charge in [0.2, 0.25) is 0 Å². The molecule has 1 aromatic heterocycles. The molecule has 1 heterocycles. The number of carbonyl (C=O) groups is 2. The van der Waals surface area contributed by atoms with Gasteiger partial charge in [-0.3, -0.25) is 9.59 Å². The predicted octanol–water partition coefficient (Wildman–Crippen LogP) is 1.75. The van der Waals surface area contributed by atoms with Crippen LogP contribution < -0.4 is 5.32 Å². The average Bonchev–Trinajstić information content (AvgIpc) is 3.15. The summed E-state index contributed by atoms with van der Waals surface area (Å²) < 4.78 is 5.08. The number of nitrogens with zero attached hydrogens (tertiary/aromatic N) is 1. The van der Waals surface area contributed by atoms with Crippen LogP contribution >= 0.6 is 0 Å². The van der Waals surface area contributed by atoms with Crippen LogP contribution in [0.25, 0.3) is 0 Å². The smallest absolute Gasteiger partial charge is 0.268 e. The molecule has 1 amide bonds. The van der Waals surface area contributed by atoms with Gasteiger partial charge in [-0.25, -0.2) is 0 Å². The minimum Gasteiger partial charge on any atom is -0.394 e. The number of Topliss-reactive ketones (excluding diaryl/α,β-unsaturated/α-hetero) is 1. The van der Waals surface area contributed by atoms with E-state index >= 15 is 0 Å². The average molecular weight is 371 g/mol. The second-order valence-electron chi connectivity index (χ2n) is 6.30. The summed E-state index contributed by atoms with van der Waals surface area (Å²) >= 11 is 0. The topological polar surface area (TPSA) is 94.7 Å². The van der Waals surface area contributed by atoms with Crippen LogP contribution in [-0.4, -0.2) is 61.1 Å². The summed E-state index contributed by atoms with van der Waals surface area (Å²) in [6, 6.07) is 10.2. The van der Waals surface area contributed by atoms with Crippen LogP contribution in [0.3, 0.4) is 0 Å². The van der Waals surface area contributed by atoms with Gasteiger partial charge < -0.3 is 25.0 Å². The zero-order chi connectivity index (χ0) is 19.8. The Kier molecular flexibility index (Phi) is 7.34. The SMILES string of the molecule is COC/C(=C\N(C)C)C(=O)c1c[nH]c(C(=O)NC(CO)c2ccccc2)c1. The van der Waals surface area contributed by atoms with Crippen molar-refractivity contribution >= 4 is 11.7 Å². The largest absolute Gasteiger partial charge is 0.394 e. The van der Waals surface area contributed by atoms with Crippen molar-refractivity contribution in [3.63, 3.8) is 0 Å². The number of ether oxygens (including phenoxy) is 1. The van der Waals surface area contributed by atoms with E-state index in [1.165, 1.54) is 19.4 Å². The molecule has 0 fully saturated rings. The monoisotopic (exact) mass is 371 g/mol. The number of hydrogen-bond acceptors (Lipinski definition) is 5. The number of nitrogens with one attached hydrogen (secondary N) is 2. The highest BCUT2D eigenvalue weighted by molar-refractivity contribution is 6.10. The molecule has 0 saturated carbocycles. The van der Waals surface area contributed by atoms with Crippen molar-refractivity contribution in [1.82, 2.24) is 15.2 Å². The zero-order valence-electron chi connectivity index (χ0n) is 15.7. The summed E-state index contributed by atoms with van der Waals surface area (Å²) in [5.41, 5.74) is 1.89. The van der Waals surface area contributed by atoms with Gasteiger partial charge in [-0.15, -0.1) is 0 Å². The third kappa shape index (κ3) is 5.54. The minimum absolute atomic E-state index is 0.171. The van der Waals surface area contributed by atoms with Crippen LogP contribution in [-0.2, 0) is 4.74 Å². The number of aliphatic hydroxyl groups is 1. The fourth-order valence-electron chi connectivity index (χ4n) is 2.63. The molecular weight excluding hydrogens is 346 g/mol. The Morgan fingerprint density at radius 2 is 2.00 bits per heavy atom. The van der Waals surface area contributed by atoms with Crippen molar-refractivity contribution in [3.05, 3.63) is 71.2 Å². The molecule has 2 rings (SSSR count). The highest BCUT2D eigenvalue weighted by Crippen LogP contribution is 2.15. The van der Waals surface area contributed by atoms with Gasteiger partial charge in [0, 0.05) is 44.7 Å². The number of benzene rings is 1. The molecule has 0 bridgehead atoms. The number of rotatable bonds is 9. The Hall–Kier alpha value is -2.90. The van der Waals surface area contributed by atoms with Crippen molar-refractivity contribution in [1.29, 1.82) is 0 Å². The molecule has 7 heteroatoms. The first-order chi connectivity index (χ1) is 13.0. The van der Waals surface area contributed by atoms with Crippen molar-refractivity contribution < 1.29 is 19.4 Å².